The topological polar surface area (TPSA) is 46.3 Å². The van der Waals surface area contributed by atoms with Gasteiger partial charge >= 0.3 is 0 Å². The van der Waals surface area contributed by atoms with Crippen molar-refractivity contribution in [3.8, 4) is 33.8 Å². The van der Waals surface area contributed by atoms with Gasteiger partial charge in [-0.15, -0.1) is 0 Å². The van der Waals surface area contributed by atoms with Gasteiger partial charge in [0.1, 0.15) is 5.65 Å². The Morgan fingerprint density at radius 2 is 0.979 bits per heavy atom. The number of hydrogen-bond acceptors (Lipinski definition) is 4. The summed E-state index contributed by atoms with van der Waals surface area (Å²) in [5.41, 5.74) is 11.7. The Morgan fingerprint density at radius 1 is 0.417 bits per heavy atom. The van der Waals surface area contributed by atoms with Crippen LogP contribution >= 0.6 is 0 Å². The zero-order valence-corrected chi connectivity index (χ0v) is 26.0. The van der Waals surface area contributed by atoms with Gasteiger partial charge in [-0.2, -0.15) is 0 Å². The largest absolute Gasteiger partial charge is 0.311 e. The van der Waals surface area contributed by atoms with Gasteiger partial charge in [0, 0.05) is 46.1 Å². The van der Waals surface area contributed by atoms with Gasteiger partial charge in [0.25, 0.3) is 0 Å². The van der Waals surface area contributed by atoms with E-state index in [-0.39, 0.29) is 0 Å². The molecule has 48 heavy (non-hydrogen) atoms. The monoisotopic (exact) mass is 615 g/mol. The quantitative estimate of drug-likeness (QED) is 0.187. The summed E-state index contributed by atoms with van der Waals surface area (Å²) in [6.45, 7) is 0. The summed E-state index contributed by atoms with van der Waals surface area (Å²) in [7, 11) is 0. The minimum Gasteiger partial charge on any atom is -0.311 e. The predicted molar refractivity (Wildman–Crippen MR) is 197 cm³/mol. The van der Waals surface area contributed by atoms with Crippen molar-refractivity contribution in [2.24, 2.45) is 0 Å². The van der Waals surface area contributed by atoms with E-state index in [0.717, 1.165) is 67.5 Å². The van der Waals surface area contributed by atoms with Crippen LogP contribution in [0.1, 0.15) is 0 Å². The van der Waals surface area contributed by atoms with Crippen molar-refractivity contribution in [2.75, 3.05) is 4.90 Å². The Labute approximate surface area is 278 Å². The first-order chi connectivity index (χ1) is 23.8. The van der Waals surface area contributed by atoms with Crippen LogP contribution in [-0.4, -0.2) is 19.4 Å². The summed E-state index contributed by atoms with van der Waals surface area (Å²) < 4.78 is 2.05. The number of hydrogen-bond donors (Lipinski definition) is 0. The lowest BCUT2D eigenvalue weighted by Gasteiger charge is -2.26. The maximum absolute atomic E-state index is 5.16. The Balaban J connectivity index is 1.12. The maximum atomic E-state index is 5.16. The minimum atomic E-state index is 0.860. The Hall–Kier alpha value is -6.59. The number of fused-ring (bicyclic) bond motifs is 3. The number of para-hydroxylation sites is 3. The highest BCUT2D eigenvalue weighted by Gasteiger charge is 2.17. The third kappa shape index (κ3) is 5.04. The lowest BCUT2D eigenvalue weighted by molar-refractivity contribution is 1.19. The molecule has 0 aliphatic heterocycles. The SMILES string of the molecule is c1ccc(N(c2ccc(-c3cn4ccccc4n3)cc2)c2ccc(-c3nc4ccccc4nc3-c3ccc4ccccc4c3)cc2)cc1. The molecular formula is C43H29N5. The van der Waals surface area contributed by atoms with Crippen molar-refractivity contribution in [1.82, 2.24) is 19.4 Å². The molecule has 0 unspecified atom stereocenters. The molecule has 0 aliphatic rings. The van der Waals surface area contributed by atoms with Crippen molar-refractivity contribution in [3.63, 3.8) is 0 Å². The Kier molecular flexibility index (Phi) is 6.72. The standard InChI is InChI=1S/C43H29N5/c1-2-12-35(13-3-1)48(36-23-19-31(20-24-36)40-29-47-27-9-8-16-41(47)44-40)37-25-21-32(22-26-37)42-43(46-39-15-7-6-14-38(39)45-42)34-18-17-30-10-4-5-11-33(30)28-34/h1-29H. The third-order valence-corrected chi connectivity index (χ3v) is 8.79. The molecule has 0 spiro atoms. The van der Waals surface area contributed by atoms with Crippen LogP contribution in [0.5, 0.6) is 0 Å². The smallest absolute Gasteiger partial charge is 0.137 e. The molecule has 0 bridgehead atoms. The summed E-state index contributed by atoms with van der Waals surface area (Å²) in [6.07, 6.45) is 4.09. The summed E-state index contributed by atoms with van der Waals surface area (Å²) in [5, 5.41) is 2.38. The molecule has 5 nitrogen and oxygen atoms in total. The van der Waals surface area contributed by atoms with Crippen molar-refractivity contribution in [3.05, 3.63) is 176 Å². The number of rotatable bonds is 6. The third-order valence-electron chi connectivity index (χ3n) is 8.79. The number of benzene rings is 6. The second-order valence-corrected chi connectivity index (χ2v) is 11.8. The molecule has 0 saturated heterocycles. The van der Waals surface area contributed by atoms with Gasteiger partial charge in [0.15, 0.2) is 0 Å². The van der Waals surface area contributed by atoms with Crippen LogP contribution in [-0.2, 0) is 0 Å². The lowest BCUT2D eigenvalue weighted by atomic mass is 10.00. The van der Waals surface area contributed by atoms with Crippen molar-refractivity contribution >= 4 is 44.5 Å². The fourth-order valence-corrected chi connectivity index (χ4v) is 6.39. The number of aromatic nitrogens is 4. The van der Waals surface area contributed by atoms with E-state index in [1.54, 1.807) is 0 Å². The zero-order valence-electron chi connectivity index (χ0n) is 26.0. The maximum Gasteiger partial charge on any atom is 0.137 e. The lowest BCUT2D eigenvalue weighted by Crippen LogP contribution is -2.09. The first-order valence-electron chi connectivity index (χ1n) is 16.0. The van der Waals surface area contributed by atoms with E-state index in [4.69, 9.17) is 15.0 Å². The van der Waals surface area contributed by atoms with E-state index in [0.29, 0.717) is 0 Å². The van der Waals surface area contributed by atoms with Crippen LogP contribution in [0, 0.1) is 0 Å². The summed E-state index contributed by atoms with van der Waals surface area (Å²) in [5.74, 6) is 0. The highest BCUT2D eigenvalue weighted by molar-refractivity contribution is 5.92. The molecule has 0 N–H and O–H groups in total. The van der Waals surface area contributed by atoms with Crippen molar-refractivity contribution in [1.29, 1.82) is 0 Å². The highest BCUT2D eigenvalue weighted by atomic mass is 15.1. The minimum absolute atomic E-state index is 0.860. The fourth-order valence-electron chi connectivity index (χ4n) is 6.39. The van der Waals surface area contributed by atoms with E-state index in [1.807, 2.05) is 59.1 Å². The van der Waals surface area contributed by atoms with Crippen molar-refractivity contribution in [2.45, 2.75) is 0 Å². The van der Waals surface area contributed by atoms with E-state index < -0.39 is 0 Å². The molecule has 0 fully saturated rings. The van der Waals surface area contributed by atoms with E-state index >= 15 is 0 Å². The number of nitrogens with zero attached hydrogens (tertiary/aromatic N) is 5. The molecule has 0 radical (unpaired) electrons. The second-order valence-electron chi connectivity index (χ2n) is 11.8. The van der Waals surface area contributed by atoms with Crippen LogP contribution in [0.15, 0.2) is 176 Å². The van der Waals surface area contributed by atoms with Crippen molar-refractivity contribution < 1.29 is 0 Å². The number of imidazole rings is 1. The molecule has 6 aromatic carbocycles. The molecule has 0 aliphatic carbocycles. The average molecular weight is 616 g/mol. The normalized spacial score (nSPS) is 11.3. The average Bonchev–Trinajstić information content (AvgIpc) is 3.60. The predicted octanol–water partition coefficient (Wildman–Crippen LogP) is 10.9. The summed E-state index contributed by atoms with van der Waals surface area (Å²) >= 11 is 0. The molecule has 5 heteroatoms. The van der Waals surface area contributed by atoms with Crippen LogP contribution in [0.2, 0.25) is 0 Å². The van der Waals surface area contributed by atoms with Crippen LogP contribution < -0.4 is 4.90 Å². The van der Waals surface area contributed by atoms with Gasteiger partial charge in [-0.1, -0.05) is 97.1 Å². The Bertz CT molecular complexity index is 2520. The molecule has 3 aromatic heterocycles. The number of anilines is 3. The molecule has 9 rings (SSSR count). The fraction of sp³-hybridized carbons (Fsp3) is 0. The van der Waals surface area contributed by atoms with Crippen LogP contribution in [0.3, 0.4) is 0 Å². The highest BCUT2D eigenvalue weighted by Crippen LogP contribution is 2.38. The first kappa shape index (κ1) is 27.7. The molecule has 9 aromatic rings. The molecule has 226 valence electrons. The Morgan fingerprint density at radius 3 is 1.69 bits per heavy atom. The molecule has 0 amide bonds. The molecular weight excluding hydrogens is 587 g/mol. The van der Waals surface area contributed by atoms with E-state index in [2.05, 4.69) is 126 Å². The van der Waals surface area contributed by atoms with Gasteiger partial charge in [0.05, 0.1) is 28.1 Å². The zero-order chi connectivity index (χ0) is 31.9. The van der Waals surface area contributed by atoms with Gasteiger partial charge < -0.3 is 9.30 Å². The van der Waals surface area contributed by atoms with Crippen LogP contribution in [0.4, 0.5) is 17.1 Å². The van der Waals surface area contributed by atoms with Gasteiger partial charge in [0.2, 0.25) is 0 Å². The van der Waals surface area contributed by atoms with E-state index in [1.165, 1.54) is 10.8 Å². The van der Waals surface area contributed by atoms with Gasteiger partial charge in [-0.05, 0) is 77.5 Å². The number of pyridine rings is 1. The second kappa shape index (κ2) is 11.6. The van der Waals surface area contributed by atoms with Gasteiger partial charge in [-0.3, -0.25) is 0 Å². The molecule has 0 saturated carbocycles. The van der Waals surface area contributed by atoms with Gasteiger partial charge in [-0.25, -0.2) is 15.0 Å². The summed E-state index contributed by atoms with van der Waals surface area (Å²) in [4.78, 5) is 17.4. The first-order valence-corrected chi connectivity index (χ1v) is 16.0. The molecule has 3 heterocycles. The van der Waals surface area contributed by atoms with E-state index in [9.17, 15) is 0 Å². The summed E-state index contributed by atoms with van der Waals surface area (Å²) in [6, 6.07) is 56.7. The van der Waals surface area contributed by atoms with Crippen LogP contribution in [0.25, 0.3) is 61.2 Å². The molecule has 0 atom stereocenters.